The normalized spacial score (nSPS) is 15.9. The number of amides is 2. The first-order valence-electron chi connectivity index (χ1n) is 7.85. The highest BCUT2D eigenvalue weighted by Crippen LogP contribution is 2.32. The largest absolute Gasteiger partial charge is 0.352 e. The Labute approximate surface area is 140 Å². The van der Waals surface area contributed by atoms with Crippen LogP contribution in [0.5, 0.6) is 0 Å². The van der Waals surface area contributed by atoms with E-state index in [9.17, 15) is 9.59 Å². The second kappa shape index (κ2) is 6.70. The summed E-state index contributed by atoms with van der Waals surface area (Å²) in [5, 5.41) is 6.97. The molecule has 1 unspecified atom stereocenters. The summed E-state index contributed by atoms with van der Waals surface area (Å²) in [6.45, 7) is 1.94. The van der Waals surface area contributed by atoms with Crippen LogP contribution in [0.4, 0.5) is 0 Å². The van der Waals surface area contributed by atoms with Crippen molar-refractivity contribution >= 4 is 17.9 Å². The van der Waals surface area contributed by atoms with Crippen LogP contribution in [-0.2, 0) is 23.2 Å². The number of nitrogens with zero attached hydrogens (tertiary/aromatic N) is 3. The molecule has 6 heteroatoms. The average molecular weight is 324 g/mol. The molecule has 1 atom stereocenters. The van der Waals surface area contributed by atoms with Gasteiger partial charge in [-0.3, -0.25) is 14.3 Å². The van der Waals surface area contributed by atoms with E-state index in [4.69, 9.17) is 0 Å². The molecule has 3 rings (SSSR count). The van der Waals surface area contributed by atoms with Gasteiger partial charge in [-0.15, -0.1) is 0 Å². The van der Waals surface area contributed by atoms with Gasteiger partial charge in [0.05, 0.1) is 18.7 Å². The van der Waals surface area contributed by atoms with Crippen molar-refractivity contribution in [3.05, 3.63) is 59.5 Å². The van der Waals surface area contributed by atoms with E-state index in [0.717, 1.165) is 16.7 Å². The van der Waals surface area contributed by atoms with Crippen LogP contribution in [-0.4, -0.2) is 26.5 Å². The average Bonchev–Trinajstić information content (AvgIpc) is 2.98. The molecule has 1 aromatic heterocycles. The summed E-state index contributed by atoms with van der Waals surface area (Å²) in [7, 11) is 1.83. The van der Waals surface area contributed by atoms with E-state index in [1.54, 1.807) is 22.0 Å². The molecule has 0 aliphatic carbocycles. The molecular weight excluding hydrogens is 304 g/mol. The molecule has 0 saturated heterocycles. The number of nitrogens with one attached hydrogen (secondary N) is 1. The van der Waals surface area contributed by atoms with Gasteiger partial charge in [-0.05, 0) is 17.2 Å². The van der Waals surface area contributed by atoms with E-state index in [0.29, 0.717) is 6.54 Å². The number of aryl methyl sites for hydroxylation is 1. The summed E-state index contributed by atoms with van der Waals surface area (Å²) in [4.78, 5) is 25.9. The molecule has 24 heavy (non-hydrogen) atoms. The Balaban J connectivity index is 1.72. The zero-order valence-corrected chi connectivity index (χ0v) is 13.8. The smallest absolute Gasteiger partial charge is 0.223 e. The number of rotatable bonds is 4. The third kappa shape index (κ3) is 3.37. The molecule has 0 bridgehead atoms. The Morgan fingerprint density at radius 3 is 2.79 bits per heavy atom. The highest BCUT2D eigenvalue weighted by Gasteiger charge is 2.27. The fraction of sp³-hybridized carbons (Fsp3) is 0.278. The van der Waals surface area contributed by atoms with Gasteiger partial charge in [0.25, 0.3) is 0 Å². The fourth-order valence-electron chi connectivity index (χ4n) is 2.92. The zero-order chi connectivity index (χ0) is 17.1. The highest BCUT2D eigenvalue weighted by molar-refractivity contribution is 5.81. The van der Waals surface area contributed by atoms with Gasteiger partial charge in [0.1, 0.15) is 0 Å². The van der Waals surface area contributed by atoms with Gasteiger partial charge in [-0.25, -0.2) is 0 Å². The van der Waals surface area contributed by atoms with E-state index < -0.39 is 0 Å². The Morgan fingerprint density at radius 2 is 2.08 bits per heavy atom. The van der Waals surface area contributed by atoms with E-state index in [2.05, 4.69) is 10.4 Å². The first kappa shape index (κ1) is 16.0. The van der Waals surface area contributed by atoms with Crippen LogP contribution in [0, 0.1) is 0 Å². The van der Waals surface area contributed by atoms with Crippen LogP contribution in [0.1, 0.15) is 36.1 Å². The summed E-state index contributed by atoms with van der Waals surface area (Å²) >= 11 is 0. The Morgan fingerprint density at radius 1 is 1.29 bits per heavy atom. The molecule has 2 amide bonds. The maximum absolute atomic E-state index is 12.4. The van der Waals surface area contributed by atoms with Crippen LogP contribution in [0.3, 0.4) is 0 Å². The number of fused-ring (bicyclic) bond motifs is 1. The fourth-order valence-corrected chi connectivity index (χ4v) is 2.92. The first-order valence-corrected chi connectivity index (χ1v) is 7.85. The molecule has 1 aliphatic heterocycles. The van der Waals surface area contributed by atoms with E-state index >= 15 is 0 Å². The Hall–Kier alpha value is -2.89. The van der Waals surface area contributed by atoms with Crippen molar-refractivity contribution in [1.82, 2.24) is 20.0 Å². The summed E-state index contributed by atoms with van der Waals surface area (Å²) in [6.07, 6.45) is 7.47. The summed E-state index contributed by atoms with van der Waals surface area (Å²) in [5.41, 5.74) is 2.98. The van der Waals surface area contributed by atoms with Crippen molar-refractivity contribution in [3.63, 3.8) is 0 Å². The quantitative estimate of drug-likeness (QED) is 0.935. The van der Waals surface area contributed by atoms with Gasteiger partial charge in [0.2, 0.25) is 11.8 Å². The van der Waals surface area contributed by atoms with Gasteiger partial charge in [0, 0.05) is 38.5 Å². The van der Waals surface area contributed by atoms with Gasteiger partial charge >= 0.3 is 0 Å². The van der Waals surface area contributed by atoms with Crippen molar-refractivity contribution in [2.45, 2.75) is 25.9 Å². The topological polar surface area (TPSA) is 67.2 Å². The summed E-state index contributed by atoms with van der Waals surface area (Å²) in [6, 6.07) is 7.55. The lowest BCUT2D eigenvalue weighted by atomic mass is 9.93. The van der Waals surface area contributed by atoms with Crippen LogP contribution < -0.4 is 5.32 Å². The second-order valence-corrected chi connectivity index (χ2v) is 5.89. The number of benzene rings is 1. The van der Waals surface area contributed by atoms with Crippen molar-refractivity contribution in [2.24, 2.45) is 7.05 Å². The van der Waals surface area contributed by atoms with Crippen LogP contribution in [0.15, 0.2) is 42.9 Å². The Kier molecular flexibility index (Phi) is 4.46. The maximum atomic E-state index is 12.4. The van der Waals surface area contributed by atoms with Gasteiger partial charge < -0.3 is 10.2 Å². The number of hydrogen-bond acceptors (Lipinski definition) is 3. The van der Waals surface area contributed by atoms with Gasteiger partial charge in [-0.2, -0.15) is 5.10 Å². The molecule has 0 fully saturated rings. The number of carbonyl (C=O) groups excluding carboxylic acids is 2. The standard InChI is InChI=1S/C18H20N4O2/c1-13(23)22-8-7-15-5-3-4-6-16(15)17(22)9-18(24)19-10-14-11-20-21(2)12-14/h3-8,11-12,17H,9-10H2,1-2H3,(H,19,24). The van der Waals surface area contributed by atoms with Gasteiger partial charge in [-0.1, -0.05) is 24.3 Å². The minimum atomic E-state index is -0.280. The lowest BCUT2D eigenvalue weighted by Gasteiger charge is -2.32. The van der Waals surface area contributed by atoms with Crippen LogP contribution >= 0.6 is 0 Å². The zero-order valence-electron chi connectivity index (χ0n) is 13.8. The van der Waals surface area contributed by atoms with Crippen molar-refractivity contribution in [1.29, 1.82) is 0 Å². The third-order valence-electron chi connectivity index (χ3n) is 4.10. The molecule has 1 N–H and O–H groups in total. The molecule has 1 aromatic carbocycles. The predicted molar refractivity (Wildman–Crippen MR) is 90.4 cm³/mol. The third-order valence-corrected chi connectivity index (χ3v) is 4.10. The van der Waals surface area contributed by atoms with E-state index in [1.165, 1.54) is 6.92 Å². The predicted octanol–water partition coefficient (Wildman–Crippen LogP) is 2.00. The molecule has 6 nitrogen and oxygen atoms in total. The van der Waals surface area contributed by atoms with E-state index in [1.807, 2.05) is 43.6 Å². The van der Waals surface area contributed by atoms with Crippen LogP contribution in [0.25, 0.3) is 6.08 Å². The molecule has 2 aromatic rings. The molecule has 0 saturated carbocycles. The molecular formula is C18H20N4O2. The molecule has 1 aliphatic rings. The first-order chi connectivity index (χ1) is 11.5. The monoisotopic (exact) mass is 324 g/mol. The molecule has 124 valence electrons. The summed E-state index contributed by atoms with van der Waals surface area (Å²) in [5.74, 6) is -0.175. The minimum Gasteiger partial charge on any atom is -0.352 e. The molecule has 0 spiro atoms. The van der Waals surface area contributed by atoms with Crippen molar-refractivity contribution < 1.29 is 9.59 Å². The van der Waals surface area contributed by atoms with Crippen molar-refractivity contribution in [2.75, 3.05) is 0 Å². The lowest BCUT2D eigenvalue weighted by Crippen LogP contribution is -2.35. The molecule has 2 heterocycles. The minimum absolute atomic E-state index is 0.0780. The van der Waals surface area contributed by atoms with E-state index in [-0.39, 0.29) is 24.3 Å². The lowest BCUT2D eigenvalue weighted by molar-refractivity contribution is -0.130. The SMILES string of the molecule is CC(=O)N1C=Cc2ccccc2C1CC(=O)NCc1cnn(C)c1. The maximum Gasteiger partial charge on any atom is 0.223 e. The van der Waals surface area contributed by atoms with Crippen LogP contribution in [0.2, 0.25) is 0 Å². The summed E-state index contributed by atoms with van der Waals surface area (Å²) < 4.78 is 1.70. The van der Waals surface area contributed by atoms with Gasteiger partial charge in [0.15, 0.2) is 0 Å². The molecule has 0 radical (unpaired) electrons. The number of aromatic nitrogens is 2. The Bertz CT molecular complexity index is 794. The number of carbonyl (C=O) groups is 2. The van der Waals surface area contributed by atoms with Crippen molar-refractivity contribution in [3.8, 4) is 0 Å². The highest BCUT2D eigenvalue weighted by atomic mass is 16.2. The second-order valence-electron chi connectivity index (χ2n) is 5.89. The number of hydrogen-bond donors (Lipinski definition) is 1.